The van der Waals surface area contributed by atoms with E-state index >= 15 is 0 Å². The molecule has 1 aliphatic heterocycles. The lowest BCUT2D eigenvalue weighted by Gasteiger charge is -2.23. The van der Waals surface area contributed by atoms with Crippen LogP contribution in [0.3, 0.4) is 0 Å². The molecule has 3 rings (SSSR count). The van der Waals surface area contributed by atoms with Crippen molar-refractivity contribution in [3.05, 3.63) is 48.3 Å². The molecular formula is C15H18N4O2. The smallest absolute Gasteiger partial charge is 0.274 e. The largest absolute Gasteiger partial charge is 0.375 e. The van der Waals surface area contributed by atoms with E-state index in [4.69, 9.17) is 4.74 Å². The zero-order valence-corrected chi connectivity index (χ0v) is 12.0. The molecule has 110 valence electrons. The van der Waals surface area contributed by atoms with E-state index in [0.29, 0.717) is 25.4 Å². The van der Waals surface area contributed by atoms with Gasteiger partial charge in [0.05, 0.1) is 25.4 Å². The maximum atomic E-state index is 12.6. The van der Waals surface area contributed by atoms with Crippen molar-refractivity contribution in [1.82, 2.24) is 19.4 Å². The van der Waals surface area contributed by atoms with Gasteiger partial charge in [0.1, 0.15) is 5.69 Å². The molecule has 0 saturated carbocycles. The molecule has 21 heavy (non-hydrogen) atoms. The Bertz CT molecular complexity index is 611. The number of ether oxygens (including phenoxy) is 1. The lowest BCUT2D eigenvalue weighted by Crippen LogP contribution is -2.37. The van der Waals surface area contributed by atoms with E-state index in [1.54, 1.807) is 11.1 Å². The molecular weight excluding hydrogens is 268 g/mol. The second-order valence-corrected chi connectivity index (χ2v) is 5.01. The Morgan fingerprint density at radius 3 is 3.10 bits per heavy atom. The van der Waals surface area contributed by atoms with Crippen molar-refractivity contribution in [2.45, 2.75) is 26.1 Å². The van der Waals surface area contributed by atoms with Crippen molar-refractivity contribution in [3.63, 3.8) is 0 Å². The fourth-order valence-corrected chi connectivity index (χ4v) is 2.62. The Morgan fingerprint density at radius 2 is 2.33 bits per heavy atom. The molecule has 0 fully saturated rings. The molecule has 0 unspecified atom stereocenters. The quantitative estimate of drug-likeness (QED) is 0.854. The summed E-state index contributed by atoms with van der Waals surface area (Å²) in [5, 5.41) is 0. The van der Waals surface area contributed by atoms with Crippen LogP contribution in [0.15, 0.2) is 36.9 Å². The zero-order chi connectivity index (χ0) is 14.7. The van der Waals surface area contributed by atoms with Crippen LogP contribution in [0.5, 0.6) is 0 Å². The summed E-state index contributed by atoms with van der Waals surface area (Å²) < 4.78 is 7.90. The van der Waals surface area contributed by atoms with Gasteiger partial charge in [0.15, 0.2) is 0 Å². The standard InChI is InChI=1S/C15H18N4O2/c1-2-21-13-10-18-7-3-4-12(18)9-19(11-13)15(20)14-8-16-5-6-17-14/h3-8,13H,2,9-11H2,1H3/t13-/m1/s1. The van der Waals surface area contributed by atoms with E-state index in [1.165, 1.54) is 12.4 Å². The maximum Gasteiger partial charge on any atom is 0.274 e. The van der Waals surface area contributed by atoms with E-state index in [9.17, 15) is 4.79 Å². The summed E-state index contributed by atoms with van der Waals surface area (Å²) in [6.07, 6.45) is 6.62. The summed E-state index contributed by atoms with van der Waals surface area (Å²) in [6, 6.07) is 4.03. The Balaban J connectivity index is 1.86. The van der Waals surface area contributed by atoms with E-state index in [0.717, 1.165) is 12.2 Å². The molecule has 2 aromatic heterocycles. The molecule has 1 amide bonds. The molecule has 1 aliphatic rings. The van der Waals surface area contributed by atoms with Crippen LogP contribution in [0.1, 0.15) is 23.1 Å². The first-order valence-electron chi connectivity index (χ1n) is 7.09. The second kappa shape index (κ2) is 6.05. The van der Waals surface area contributed by atoms with Gasteiger partial charge in [-0.15, -0.1) is 0 Å². The van der Waals surface area contributed by atoms with Crippen LogP contribution in [0, 0.1) is 0 Å². The summed E-state index contributed by atoms with van der Waals surface area (Å²) in [6.45, 7) is 4.49. The predicted octanol–water partition coefficient (Wildman–Crippen LogP) is 1.34. The molecule has 3 heterocycles. The SMILES string of the molecule is CCO[C@H]1CN(C(=O)c2cnccn2)Cc2cccn2C1. The van der Waals surface area contributed by atoms with Gasteiger partial charge in [-0.2, -0.15) is 0 Å². The van der Waals surface area contributed by atoms with Crippen molar-refractivity contribution in [2.75, 3.05) is 13.2 Å². The Morgan fingerprint density at radius 1 is 1.43 bits per heavy atom. The molecule has 0 bridgehead atoms. The minimum atomic E-state index is -0.109. The van der Waals surface area contributed by atoms with Gasteiger partial charge >= 0.3 is 0 Å². The maximum absolute atomic E-state index is 12.6. The molecule has 0 aromatic carbocycles. The molecule has 6 heteroatoms. The van der Waals surface area contributed by atoms with Crippen LogP contribution in [0.4, 0.5) is 0 Å². The highest BCUT2D eigenvalue weighted by atomic mass is 16.5. The monoisotopic (exact) mass is 286 g/mol. The number of fused-ring (bicyclic) bond motifs is 1. The first kappa shape index (κ1) is 13.8. The number of aromatic nitrogens is 3. The van der Waals surface area contributed by atoms with Gasteiger partial charge in [-0.05, 0) is 19.1 Å². The van der Waals surface area contributed by atoms with Gasteiger partial charge < -0.3 is 14.2 Å². The van der Waals surface area contributed by atoms with Gasteiger partial charge in [0.25, 0.3) is 5.91 Å². The van der Waals surface area contributed by atoms with Crippen LogP contribution in [0.2, 0.25) is 0 Å². The number of hydrogen-bond donors (Lipinski definition) is 0. The van der Waals surface area contributed by atoms with Crippen molar-refractivity contribution < 1.29 is 9.53 Å². The van der Waals surface area contributed by atoms with E-state index < -0.39 is 0 Å². The summed E-state index contributed by atoms with van der Waals surface area (Å²) in [5.41, 5.74) is 1.47. The average Bonchev–Trinajstić information content (AvgIpc) is 2.86. The Hall–Kier alpha value is -2.21. The van der Waals surface area contributed by atoms with E-state index in [-0.39, 0.29) is 12.0 Å². The number of carbonyl (C=O) groups excluding carboxylic acids is 1. The van der Waals surface area contributed by atoms with Crippen LogP contribution < -0.4 is 0 Å². The van der Waals surface area contributed by atoms with E-state index in [2.05, 4.69) is 14.5 Å². The van der Waals surface area contributed by atoms with Crippen molar-refractivity contribution in [2.24, 2.45) is 0 Å². The van der Waals surface area contributed by atoms with Gasteiger partial charge in [0, 0.05) is 37.4 Å². The highest BCUT2D eigenvalue weighted by Gasteiger charge is 2.26. The highest BCUT2D eigenvalue weighted by Crippen LogP contribution is 2.17. The van der Waals surface area contributed by atoms with Gasteiger partial charge in [-0.3, -0.25) is 9.78 Å². The second-order valence-electron chi connectivity index (χ2n) is 5.01. The summed E-state index contributed by atoms with van der Waals surface area (Å²) in [4.78, 5) is 22.4. The van der Waals surface area contributed by atoms with Crippen LogP contribution >= 0.6 is 0 Å². The fourth-order valence-electron chi connectivity index (χ4n) is 2.62. The molecule has 0 radical (unpaired) electrons. The lowest BCUT2D eigenvalue weighted by atomic mass is 10.3. The Labute approximate surface area is 123 Å². The molecule has 6 nitrogen and oxygen atoms in total. The fraction of sp³-hybridized carbons (Fsp3) is 0.400. The van der Waals surface area contributed by atoms with Crippen molar-refractivity contribution >= 4 is 5.91 Å². The topological polar surface area (TPSA) is 60.2 Å². The first-order valence-corrected chi connectivity index (χ1v) is 7.09. The van der Waals surface area contributed by atoms with Gasteiger partial charge in [-0.25, -0.2) is 4.98 Å². The third-order valence-electron chi connectivity index (χ3n) is 3.57. The normalized spacial score (nSPS) is 18.1. The van der Waals surface area contributed by atoms with Crippen molar-refractivity contribution in [1.29, 1.82) is 0 Å². The van der Waals surface area contributed by atoms with Crippen LogP contribution in [-0.2, 0) is 17.8 Å². The molecule has 1 atom stereocenters. The van der Waals surface area contributed by atoms with Gasteiger partial charge in [0.2, 0.25) is 0 Å². The molecule has 2 aromatic rings. The zero-order valence-electron chi connectivity index (χ0n) is 12.0. The first-order chi connectivity index (χ1) is 10.3. The summed E-state index contributed by atoms with van der Waals surface area (Å²) in [5.74, 6) is -0.109. The number of amides is 1. The lowest BCUT2D eigenvalue weighted by molar-refractivity contribution is 0.0256. The van der Waals surface area contributed by atoms with Crippen LogP contribution in [-0.4, -0.2) is 44.6 Å². The average molecular weight is 286 g/mol. The summed E-state index contributed by atoms with van der Waals surface area (Å²) >= 11 is 0. The minimum absolute atomic E-state index is 0.00993. The van der Waals surface area contributed by atoms with Crippen LogP contribution in [0.25, 0.3) is 0 Å². The predicted molar refractivity (Wildman–Crippen MR) is 76.6 cm³/mol. The van der Waals surface area contributed by atoms with Crippen molar-refractivity contribution in [3.8, 4) is 0 Å². The summed E-state index contributed by atoms with van der Waals surface area (Å²) in [7, 11) is 0. The minimum Gasteiger partial charge on any atom is -0.375 e. The molecule has 0 N–H and O–H groups in total. The van der Waals surface area contributed by atoms with E-state index in [1.807, 2.05) is 25.3 Å². The number of nitrogens with zero attached hydrogens (tertiary/aromatic N) is 4. The Kier molecular flexibility index (Phi) is 3.96. The number of carbonyl (C=O) groups is 1. The third-order valence-corrected chi connectivity index (χ3v) is 3.57. The molecule has 0 saturated heterocycles. The van der Waals surface area contributed by atoms with Gasteiger partial charge in [-0.1, -0.05) is 0 Å². The third kappa shape index (κ3) is 2.95. The number of rotatable bonds is 3. The molecule has 0 spiro atoms. The highest BCUT2D eigenvalue weighted by molar-refractivity contribution is 5.91. The number of hydrogen-bond acceptors (Lipinski definition) is 4. The molecule has 0 aliphatic carbocycles.